The molecule has 0 amide bonds. The quantitative estimate of drug-likeness (QED) is 0.776. The van der Waals surface area contributed by atoms with Gasteiger partial charge < -0.3 is 14.4 Å². The Labute approximate surface area is 117 Å². The van der Waals surface area contributed by atoms with E-state index in [0.29, 0.717) is 18.2 Å². The molecule has 1 aromatic heterocycles. The van der Waals surface area contributed by atoms with Crippen LogP contribution in [0.4, 0.5) is 5.13 Å². The SMILES string of the molecule is CCOC(=O)c1csc(N(C)CC2CCOCC2)n1. The molecule has 2 rings (SSSR count). The fraction of sp³-hybridized carbons (Fsp3) is 0.692. The Balaban J connectivity index is 1.91. The van der Waals surface area contributed by atoms with Gasteiger partial charge in [0.1, 0.15) is 0 Å². The fourth-order valence-corrected chi connectivity index (χ4v) is 2.90. The van der Waals surface area contributed by atoms with Gasteiger partial charge in [-0.3, -0.25) is 0 Å². The van der Waals surface area contributed by atoms with Crippen LogP contribution in [0.2, 0.25) is 0 Å². The first kappa shape index (κ1) is 14.3. The minimum atomic E-state index is -0.343. The van der Waals surface area contributed by atoms with E-state index < -0.39 is 0 Å². The Morgan fingerprint density at radius 1 is 1.58 bits per heavy atom. The highest BCUT2D eigenvalue weighted by molar-refractivity contribution is 7.13. The molecule has 0 unspecified atom stereocenters. The highest BCUT2D eigenvalue weighted by Gasteiger charge is 2.19. The summed E-state index contributed by atoms with van der Waals surface area (Å²) in [5.41, 5.74) is 0.403. The molecule has 1 aromatic rings. The lowest BCUT2D eigenvalue weighted by Gasteiger charge is -2.26. The second-order valence-electron chi connectivity index (χ2n) is 4.67. The van der Waals surface area contributed by atoms with E-state index in [-0.39, 0.29) is 5.97 Å². The molecule has 0 bridgehead atoms. The van der Waals surface area contributed by atoms with Gasteiger partial charge in [0, 0.05) is 32.2 Å². The highest BCUT2D eigenvalue weighted by atomic mass is 32.1. The monoisotopic (exact) mass is 284 g/mol. The zero-order valence-corrected chi connectivity index (χ0v) is 12.2. The van der Waals surface area contributed by atoms with Crippen LogP contribution >= 0.6 is 11.3 Å². The van der Waals surface area contributed by atoms with Gasteiger partial charge in [-0.1, -0.05) is 0 Å². The van der Waals surface area contributed by atoms with Gasteiger partial charge in [-0.2, -0.15) is 0 Å². The van der Waals surface area contributed by atoms with E-state index in [1.165, 1.54) is 11.3 Å². The summed E-state index contributed by atoms with van der Waals surface area (Å²) < 4.78 is 10.3. The topological polar surface area (TPSA) is 51.7 Å². The molecule has 0 aromatic carbocycles. The molecule has 2 heterocycles. The summed E-state index contributed by atoms with van der Waals surface area (Å²) >= 11 is 1.48. The standard InChI is InChI=1S/C13H20N2O3S/c1-3-18-12(16)11-9-19-13(14-11)15(2)8-10-4-6-17-7-5-10/h9-10H,3-8H2,1-2H3. The Bertz CT molecular complexity index is 416. The van der Waals surface area contributed by atoms with E-state index in [9.17, 15) is 4.79 Å². The van der Waals surface area contributed by atoms with Crippen molar-refractivity contribution in [1.82, 2.24) is 4.98 Å². The molecule has 19 heavy (non-hydrogen) atoms. The molecule has 0 radical (unpaired) electrons. The van der Waals surface area contributed by atoms with Gasteiger partial charge in [-0.25, -0.2) is 9.78 Å². The van der Waals surface area contributed by atoms with Crippen LogP contribution in [-0.2, 0) is 9.47 Å². The summed E-state index contributed by atoms with van der Waals surface area (Å²) in [7, 11) is 2.02. The largest absolute Gasteiger partial charge is 0.461 e. The molecule has 1 aliphatic rings. The predicted octanol–water partition coefficient (Wildman–Crippen LogP) is 2.18. The molecule has 106 valence electrons. The fourth-order valence-electron chi connectivity index (χ4n) is 2.13. The first-order chi connectivity index (χ1) is 9.20. The lowest BCUT2D eigenvalue weighted by Crippen LogP contribution is -2.29. The number of ether oxygens (including phenoxy) is 2. The molecule has 0 N–H and O–H groups in total. The molecule has 0 saturated carbocycles. The van der Waals surface area contributed by atoms with Crippen LogP contribution in [0, 0.1) is 5.92 Å². The average Bonchev–Trinajstić information content (AvgIpc) is 2.90. The third-order valence-corrected chi connectivity index (χ3v) is 4.13. The first-order valence-electron chi connectivity index (χ1n) is 6.62. The number of aromatic nitrogens is 1. The Morgan fingerprint density at radius 2 is 2.32 bits per heavy atom. The van der Waals surface area contributed by atoms with Gasteiger partial charge in [-0.05, 0) is 25.7 Å². The second kappa shape index (κ2) is 6.86. The maximum absolute atomic E-state index is 11.6. The molecule has 0 aliphatic carbocycles. The predicted molar refractivity (Wildman–Crippen MR) is 74.9 cm³/mol. The van der Waals surface area contributed by atoms with Crippen molar-refractivity contribution in [3.8, 4) is 0 Å². The van der Waals surface area contributed by atoms with Gasteiger partial charge in [0.15, 0.2) is 10.8 Å². The van der Waals surface area contributed by atoms with Crippen LogP contribution in [0.25, 0.3) is 0 Å². The van der Waals surface area contributed by atoms with E-state index in [4.69, 9.17) is 9.47 Å². The number of anilines is 1. The maximum Gasteiger partial charge on any atom is 0.357 e. The van der Waals surface area contributed by atoms with Crippen LogP contribution in [0.1, 0.15) is 30.3 Å². The number of carbonyl (C=O) groups is 1. The third-order valence-electron chi connectivity index (χ3n) is 3.18. The molecule has 5 nitrogen and oxygen atoms in total. The van der Waals surface area contributed by atoms with Gasteiger partial charge in [-0.15, -0.1) is 11.3 Å². The maximum atomic E-state index is 11.6. The van der Waals surface area contributed by atoms with E-state index >= 15 is 0 Å². The second-order valence-corrected chi connectivity index (χ2v) is 5.51. The van der Waals surface area contributed by atoms with Crippen LogP contribution in [0.3, 0.4) is 0 Å². The van der Waals surface area contributed by atoms with Gasteiger partial charge >= 0.3 is 5.97 Å². The normalized spacial score (nSPS) is 16.3. The molecule has 0 atom stereocenters. The van der Waals surface area contributed by atoms with Crippen molar-refractivity contribution >= 4 is 22.4 Å². The number of nitrogens with zero attached hydrogens (tertiary/aromatic N) is 2. The number of hydrogen-bond acceptors (Lipinski definition) is 6. The minimum Gasteiger partial charge on any atom is -0.461 e. The minimum absolute atomic E-state index is 0.343. The van der Waals surface area contributed by atoms with E-state index in [0.717, 1.165) is 37.7 Å². The Hall–Kier alpha value is -1.14. The lowest BCUT2D eigenvalue weighted by molar-refractivity contribution is 0.0520. The zero-order chi connectivity index (χ0) is 13.7. The smallest absolute Gasteiger partial charge is 0.357 e. The summed E-state index contributed by atoms with van der Waals surface area (Å²) in [6.45, 7) is 4.83. The molecular weight excluding hydrogens is 264 g/mol. The van der Waals surface area contributed by atoms with Crippen molar-refractivity contribution in [1.29, 1.82) is 0 Å². The molecular formula is C13H20N2O3S. The van der Waals surface area contributed by atoms with Crippen molar-refractivity contribution in [2.45, 2.75) is 19.8 Å². The summed E-state index contributed by atoms with van der Waals surface area (Å²) in [4.78, 5) is 18.0. The van der Waals surface area contributed by atoms with Gasteiger partial charge in [0.05, 0.1) is 6.61 Å². The lowest BCUT2D eigenvalue weighted by atomic mass is 10.0. The van der Waals surface area contributed by atoms with Crippen molar-refractivity contribution < 1.29 is 14.3 Å². The number of thiazole rings is 1. The van der Waals surface area contributed by atoms with Crippen molar-refractivity contribution in [3.63, 3.8) is 0 Å². The van der Waals surface area contributed by atoms with E-state index in [2.05, 4.69) is 9.88 Å². The molecule has 6 heteroatoms. The van der Waals surface area contributed by atoms with E-state index in [1.807, 2.05) is 7.05 Å². The molecule has 0 spiro atoms. The molecule has 1 aliphatic heterocycles. The average molecular weight is 284 g/mol. The van der Waals surface area contributed by atoms with E-state index in [1.54, 1.807) is 12.3 Å². The van der Waals surface area contributed by atoms with Crippen molar-refractivity contribution in [3.05, 3.63) is 11.1 Å². The Morgan fingerprint density at radius 3 is 3.00 bits per heavy atom. The van der Waals surface area contributed by atoms with Gasteiger partial charge in [0.2, 0.25) is 0 Å². The van der Waals surface area contributed by atoms with Crippen LogP contribution in [-0.4, -0.2) is 44.4 Å². The summed E-state index contributed by atoms with van der Waals surface area (Å²) in [6, 6.07) is 0. The first-order valence-corrected chi connectivity index (χ1v) is 7.50. The van der Waals surface area contributed by atoms with Crippen molar-refractivity contribution in [2.75, 3.05) is 38.3 Å². The highest BCUT2D eigenvalue weighted by Crippen LogP contribution is 2.23. The number of esters is 1. The number of carbonyl (C=O) groups excluding carboxylic acids is 1. The number of hydrogen-bond donors (Lipinski definition) is 0. The van der Waals surface area contributed by atoms with Crippen LogP contribution in [0.5, 0.6) is 0 Å². The molecule has 1 saturated heterocycles. The zero-order valence-electron chi connectivity index (χ0n) is 11.4. The summed E-state index contributed by atoms with van der Waals surface area (Å²) in [5, 5.41) is 2.63. The third kappa shape index (κ3) is 3.91. The summed E-state index contributed by atoms with van der Waals surface area (Å²) in [6.07, 6.45) is 2.20. The number of rotatable bonds is 5. The van der Waals surface area contributed by atoms with Crippen molar-refractivity contribution in [2.24, 2.45) is 5.92 Å². The van der Waals surface area contributed by atoms with Gasteiger partial charge in [0.25, 0.3) is 0 Å². The summed E-state index contributed by atoms with van der Waals surface area (Å²) in [5.74, 6) is 0.304. The van der Waals surface area contributed by atoms with Crippen LogP contribution < -0.4 is 4.90 Å². The molecule has 1 fully saturated rings. The van der Waals surface area contributed by atoms with Crippen LogP contribution in [0.15, 0.2) is 5.38 Å². The Kier molecular flexibility index (Phi) is 5.15.